The largest absolute Gasteiger partial charge is 0.469 e. The zero-order valence-corrected chi connectivity index (χ0v) is 14.6. The second-order valence-corrected chi connectivity index (χ2v) is 6.17. The second-order valence-electron chi connectivity index (χ2n) is 6.17. The van der Waals surface area contributed by atoms with Crippen molar-refractivity contribution >= 4 is 11.8 Å². The van der Waals surface area contributed by atoms with Gasteiger partial charge in [0, 0.05) is 39.3 Å². The van der Waals surface area contributed by atoms with Gasteiger partial charge in [0.05, 0.1) is 23.7 Å². The van der Waals surface area contributed by atoms with Crippen molar-refractivity contribution in [3.63, 3.8) is 0 Å². The van der Waals surface area contributed by atoms with Crippen molar-refractivity contribution in [1.82, 2.24) is 15.1 Å². The normalized spacial score (nSPS) is 15.4. The minimum absolute atomic E-state index is 0.0228. The zero-order valence-electron chi connectivity index (χ0n) is 14.6. The highest BCUT2D eigenvalue weighted by Crippen LogP contribution is 2.14. The predicted octanol–water partition coefficient (Wildman–Crippen LogP) is 1.68. The van der Waals surface area contributed by atoms with Crippen LogP contribution in [0.15, 0.2) is 33.5 Å². The highest BCUT2D eigenvalue weighted by molar-refractivity contribution is 5.95. The van der Waals surface area contributed by atoms with Gasteiger partial charge in [0.15, 0.2) is 0 Å². The van der Waals surface area contributed by atoms with Crippen LogP contribution in [-0.2, 0) is 0 Å². The molecular weight excluding hydrogens is 322 g/mol. The molecule has 0 bridgehead atoms. The van der Waals surface area contributed by atoms with E-state index in [4.69, 9.17) is 8.83 Å². The fourth-order valence-corrected chi connectivity index (χ4v) is 3.00. The molecule has 1 saturated heterocycles. The van der Waals surface area contributed by atoms with Crippen LogP contribution in [0.2, 0.25) is 0 Å². The first-order valence-corrected chi connectivity index (χ1v) is 8.44. The predicted molar refractivity (Wildman–Crippen MR) is 91.6 cm³/mol. The van der Waals surface area contributed by atoms with E-state index < -0.39 is 0 Å². The maximum absolute atomic E-state index is 12.4. The standard InChI is InChI=1S/C18H23N3O4/c1-13-15(3-11-24-13)17(22)19-5-6-20-7-9-21(10-8-20)18(23)16-4-12-25-14(16)2/h3-4,11-12H,5-10H2,1-2H3,(H,19,22). The molecule has 0 aliphatic carbocycles. The topological polar surface area (TPSA) is 78.9 Å². The molecule has 25 heavy (non-hydrogen) atoms. The first kappa shape index (κ1) is 17.3. The van der Waals surface area contributed by atoms with Crippen LogP contribution in [0.25, 0.3) is 0 Å². The van der Waals surface area contributed by atoms with Crippen molar-refractivity contribution in [2.75, 3.05) is 39.3 Å². The Kier molecular flexibility index (Phi) is 5.23. The fourth-order valence-electron chi connectivity index (χ4n) is 3.00. The van der Waals surface area contributed by atoms with Gasteiger partial charge in [-0.1, -0.05) is 0 Å². The lowest BCUT2D eigenvalue weighted by Crippen LogP contribution is -2.50. The molecule has 1 N–H and O–H groups in total. The molecule has 7 heteroatoms. The van der Waals surface area contributed by atoms with Gasteiger partial charge in [-0.3, -0.25) is 14.5 Å². The maximum Gasteiger partial charge on any atom is 0.257 e. The average Bonchev–Trinajstić information content (AvgIpc) is 3.23. The number of hydrogen-bond donors (Lipinski definition) is 1. The molecule has 2 aromatic heterocycles. The van der Waals surface area contributed by atoms with Crippen molar-refractivity contribution in [1.29, 1.82) is 0 Å². The second kappa shape index (κ2) is 7.57. The summed E-state index contributed by atoms with van der Waals surface area (Å²) in [5.41, 5.74) is 1.21. The van der Waals surface area contributed by atoms with Crippen LogP contribution < -0.4 is 5.32 Å². The van der Waals surface area contributed by atoms with Crippen LogP contribution >= 0.6 is 0 Å². The summed E-state index contributed by atoms with van der Waals surface area (Å²) >= 11 is 0. The number of hydrogen-bond acceptors (Lipinski definition) is 5. The van der Waals surface area contributed by atoms with E-state index in [-0.39, 0.29) is 11.8 Å². The minimum atomic E-state index is -0.115. The first-order chi connectivity index (χ1) is 12.1. The molecular formula is C18H23N3O4. The molecule has 0 radical (unpaired) electrons. The molecule has 3 rings (SSSR count). The number of furan rings is 2. The van der Waals surface area contributed by atoms with Crippen LogP contribution in [0.1, 0.15) is 32.2 Å². The lowest BCUT2D eigenvalue weighted by atomic mass is 10.2. The van der Waals surface area contributed by atoms with Gasteiger partial charge in [0.25, 0.3) is 11.8 Å². The van der Waals surface area contributed by atoms with Crippen LogP contribution in [-0.4, -0.2) is 60.9 Å². The number of carbonyl (C=O) groups excluding carboxylic acids is 2. The Balaban J connectivity index is 1.41. The molecule has 2 amide bonds. The van der Waals surface area contributed by atoms with E-state index in [2.05, 4.69) is 10.2 Å². The number of piperazine rings is 1. The van der Waals surface area contributed by atoms with Gasteiger partial charge in [0.1, 0.15) is 11.5 Å². The Morgan fingerprint density at radius 2 is 1.60 bits per heavy atom. The molecule has 7 nitrogen and oxygen atoms in total. The summed E-state index contributed by atoms with van der Waals surface area (Å²) in [6.07, 6.45) is 3.06. The van der Waals surface area contributed by atoms with Gasteiger partial charge >= 0.3 is 0 Å². The summed E-state index contributed by atoms with van der Waals surface area (Å²) in [5, 5.41) is 2.90. The van der Waals surface area contributed by atoms with E-state index >= 15 is 0 Å². The van der Waals surface area contributed by atoms with Crippen molar-refractivity contribution in [2.45, 2.75) is 13.8 Å². The van der Waals surface area contributed by atoms with Gasteiger partial charge in [-0.25, -0.2) is 0 Å². The van der Waals surface area contributed by atoms with Gasteiger partial charge in [-0.2, -0.15) is 0 Å². The number of rotatable bonds is 5. The summed E-state index contributed by atoms with van der Waals surface area (Å²) < 4.78 is 10.3. The van der Waals surface area contributed by atoms with Crippen LogP contribution in [0.4, 0.5) is 0 Å². The summed E-state index contributed by atoms with van der Waals surface area (Å²) in [6.45, 7) is 7.84. The van der Waals surface area contributed by atoms with E-state index in [9.17, 15) is 9.59 Å². The molecule has 1 aliphatic heterocycles. The van der Waals surface area contributed by atoms with Crippen molar-refractivity contribution < 1.29 is 18.4 Å². The van der Waals surface area contributed by atoms with E-state index in [0.29, 0.717) is 42.3 Å². The monoisotopic (exact) mass is 345 g/mol. The van der Waals surface area contributed by atoms with Gasteiger partial charge in [0.2, 0.25) is 0 Å². The van der Waals surface area contributed by atoms with E-state index in [1.807, 2.05) is 4.90 Å². The quantitative estimate of drug-likeness (QED) is 0.892. The number of carbonyl (C=O) groups is 2. The van der Waals surface area contributed by atoms with Gasteiger partial charge in [-0.05, 0) is 26.0 Å². The number of nitrogens with one attached hydrogen (secondary N) is 1. The molecule has 134 valence electrons. The lowest BCUT2D eigenvalue weighted by molar-refractivity contribution is 0.0636. The number of nitrogens with zero attached hydrogens (tertiary/aromatic N) is 2. The summed E-state index contributed by atoms with van der Waals surface area (Å²) in [7, 11) is 0. The fraction of sp³-hybridized carbons (Fsp3) is 0.444. The summed E-state index contributed by atoms with van der Waals surface area (Å²) in [6, 6.07) is 3.39. The van der Waals surface area contributed by atoms with E-state index in [1.165, 1.54) is 6.26 Å². The zero-order chi connectivity index (χ0) is 17.8. The molecule has 2 aromatic rings. The van der Waals surface area contributed by atoms with Crippen LogP contribution in [0.3, 0.4) is 0 Å². The summed E-state index contributed by atoms with van der Waals surface area (Å²) in [5.74, 6) is 1.19. The molecule has 0 spiro atoms. The summed E-state index contributed by atoms with van der Waals surface area (Å²) in [4.78, 5) is 28.6. The van der Waals surface area contributed by atoms with Crippen molar-refractivity contribution in [2.24, 2.45) is 0 Å². The lowest BCUT2D eigenvalue weighted by Gasteiger charge is -2.34. The van der Waals surface area contributed by atoms with Crippen molar-refractivity contribution in [3.8, 4) is 0 Å². The molecule has 3 heterocycles. The molecule has 1 fully saturated rings. The Labute approximate surface area is 146 Å². The highest BCUT2D eigenvalue weighted by Gasteiger charge is 2.24. The highest BCUT2D eigenvalue weighted by atomic mass is 16.3. The maximum atomic E-state index is 12.4. The van der Waals surface area contributed by atoms with Crippen molar-refractivity contribution in [3.05, 3.63) is 47.3 Å². The number of amides is 2. The third-order valence-corrected chi connectivity index (χ3v) is 4.57. The SMILES string of the molecule is Cc1occc1C(=O)NCCN1CCN(C(=O)c2ccoc2C)CC1. The van der Waals surface area contributed by atoms with E-state index in [0.717, 1.165) is 19.6 Å². The number of aryl methyl sites for hydroxylation is 2. The average molecular weight is 345 g/mol. The third kappa shape index (κ3) is 3.93. The minimum Gasteiger partial charge on any atom is -0.469 e. The molecule has 0 aromatic carbocycles. The van der Waals surface area contributed by atoms with Crippen LogP contribution in [0.5, 0.6) is 0 Å². The Morgan fingerprint density at radius 3 is 2.16 bits per heavy atom. The molecule has 0 saturated carbocycles. The van der Waals surface area contributed by atoms with E-state index in [1.54, 1.807) is 32.2 Å². The Bertz CT molecular complexity index is 738. The Hall–Kier alpha value is -2.54. The van der Waals surface area contributed by atoms with Gasteiger partial charge in [-0.15, -0.1) is 0 Å². The first-order valence-electron chi connectivity index (χ1n) is 8.44. The Morgan fingerprint density at radius 1 is 1.00 bits per heavy atom. The molecule has 1 aliphatic rings. The van der Waals surface area contributed by atoms with Crippen LogP contribution in [0, 0.1) is 13.8 Å². The molecule has 0 unspecified atom stereocenters. The molecule has 0 atom stereocenters. The van der Waals surface area contributed by atoms with Gasteiger partial charge < -0.3 is 19.1 Å². The smallest absolute Gasteiger partial charge is 0.257 e. The third-order valence-electron chi connectivity index (χ3n) is 4.57.